The molecule has 0 fully saturated rings. The zero-order chi connectivity index (χ0) is 23.7. The van der Waals surface area contributed by atoms with Gasteiger partial charge in [-0.3, -0.25) is 0 Å². The van der Waals surface area contributed by atoms with Crippen molar-refractivity contribution in [2.75, 3.05) is 0 Å². The molecule has 0 aliphatic heterocycles. The Balaban J connectivity index is 0.000000767. The smallest absolute Gasteiger partial charge is 1.00 e. The van der Waals surface area contributed by atoms with Gasteiger partial charge < -0.3 is 24.8 Å². The Hall–Kier alpha value is -1.35. The quantitative estimate of drug-likeness (QED) is 0.201. The van der Waals surface area contributed by atoms with E-state index in [2.05, 4.69) is 133 Å². The monoisotopic (exact) mass is 679 g/mol. The van der Waals surface area contributed by atoms with Crippen LogP contribution in [0, 0.1) is 0 Å². The molecule has 1 unspecified atom stereocenters. The SMILES string of the molecule is CCC1=Cc2c(-c3cccc(Br)c3)cccc2C1c1cccc2c1[cH-]c1ccccc12.C[Si]C.[Cl-].[Cl-].[Zr+3]. The molecular weight excluding hydrogens is 654 g/mol. The molecule has 0 N–H and O–H groups in total. The van der Waals surface area contributed by atoms with E-state index in [0.717, 1.165) is 20.4 Å². The standard InChI is InChI=1S/C30H22Br.C2H6Si.2ClH.Zr/c1-2-19-17-28-24(20-9-5-10-22(31)16-20)12-6-14-26(28)30(19)27-15-7-13-25-23-11-4-3-8-21(23)18-29(25)27;1-3-2;;;/h3-18,30H,2H2,1H3;1-2H3;2*1H;/q-1;;;;+3/p-2. The summed E-state index contributed by atoms with van der Waals surface area (Å²) >= 11 is 3.64. The predicted octanol–water partition coefficient (Wildman–Crippen LogP) is 3.87. The maximum Gasteiger partial charge on any atom is 3.00 e. The number of rotatable bonds is 3. The fraction of sp³-hybridized carbons (Fsp3) is 0.156. The fourth-order valence-electron chi connectivity index (χ4n) is 5.30. The second-order valence-electron chi connectivity index (χ2n) is 8.86. The molecule has 0 nitrogen and oxygen atoms in total. The van der Waals surface area contributed by atoms with E-state index in [4.69, 9.17) is 0 Å². The molecule has 3 radical (unpaired) electrons. The molecule has 6 rings (SSSR count). The average molecular weight is 683 g/mol. The molecule has 1 aliphatic carbocycles. The van der Waals surface area contributed by atoms with E-state index in [0.29, 0.717) is 5.92 Å². The van der Waals surface area contributed by atoms with E-state index in [1.54, 1.807) is 0 Å². The van der Waals surface area contributed by atoms with Crippen LogP contribution in [0.3, 0.4) is 0 Å². The predicted molar refractivity (Wildman–Crippen MR) is 154 cm³/mol. The molecule has 0 saturated carbocycles. The van der Waals surface area contributed by atoms with Gasteiger partial charge in [-0.1, -0.05) is 120 Å². The van der Waals surface area contributed by atoms with Gasteiger partial charge in [-0.25, -0.2) is 0 Å². The van der Waals surface area contributed by atoms with Gasteiger partial charge in [0.25, 0.3) is 0 Å². The molecule has 0 bridgehead atoms. The molecule has 0 aromatic heterocycles. The van der Waals surface area contributed by atoms with Crippen LogP contribution in [0.1, 0.15) is 36.0 Å². The fourth-order valence-corrected chi connectivity index (χ4v) is 5.70. The number of allylic oxidation sites excluding steroid dienone is 1. The van der Waals surface area contributed by atoms with Gasteiger partial charge in [-0.2, -0.15) is 0 Å². The summed E-state index contributed by atoms with van der Waals surface area (Å²) in [5.74, 6) is 0.313. The van der Waals surface area contributed by atoms with Crippen LogP contribution >= 0.6 is 15.9 Å². The molecule has 1 aliphatic rings. The Morgan fingerprint density at radius 3 is 2.19 bits per heavy atom. The van der Waals surface area contributed by atoms with Crippen molar-refractivity contribution in [3.8, 4) is 11.1 Å². The summed E-state index contributed by atoms with van der Waals surface area (Å²) in [7, 11) is 1.08. The van der Waals surface area contributed by atoms with Crippen LogP contribution in [0.2, 0.25) is 13.1 Å². The Morgan fingerprint density at radius 2 is 1.46 bits per heavy atom. The van der Waals surface area contributed by atoms with E-state index >= 15 is 0 Å². The molecule has 0 heterocycles. The van der Waals surface area contributed by atoms with Crippen molar-refractivity contribution in [2.24, 2.45) is 0 Å². The number of hydrogen-bond donors (Lipinski definition) is 0. The Morgan fingerprint density at radius 1 is 0.811 bits per heavy atom. The first-order valence-electron chi connectivity index (χ1n) is 11.9. The van der Waals surface area contributed by atoms with Gasteiger partial charge in [-0.05, 0) is 40.8 Å². The summed E-state index contributed by atoms with van der Waals surface area (Å²) < 4.78 is 1.12. The Labute approximate surface area is 263 Å². The van der Waals surface area contributed by atoms with E-state index in [1.807, 2.05) is 0 Å². The molecule has 1 atom stereocenters. The van der Waals surface area contributed by atoms with Crippen LogP contribution in [-0.4, -0.2) is 9.52 Å². The average Bonchev–Trinajstić information content (AvgIpc) is 3.42. The Bertz CT molecular complexity index is 1520. The summed E-state index contributed by atoms with van der Waals surface area (Å²) in [5, 5.41) is 5.42. The van der Waals surface area contributed by atoms with Gasteiger partial charge in [0, 0.05) is 19.9 Å². The summed E-state index contributed by atoms with van der Waals surface area (Å²) in [6.07, 6.45) is 3.49. The third kappa shape index (κ3) is 6.13. The van der Waals surface area contributed by atoms with Crippen molar-refractivity contribution in [2.45, 2.75) is 32.4 Å². The first kappa shape index (κ1) is 31.9. The second-order valence-corrected chi connectivity index (χ2v) is 10.8. The first-order chi connectivity index (χ1) is 16.7. The molecule has 5 aromatic rings. The Kier molecular flexibility index (Phi) is 12.2. The molecule has 0 saturated heterocycles. The number of halogens is 3. The van der Waals surface area contributed by atoms with Crippen LogP contribution in [0.25, 0.3) is 38.7 Å². The van der Waals surface area contributed by atoms with Gasteiger partial charge in [0.15, 0.2) is 0 Å². The normalized spacial score (nSPS) is 13.4. The maximum absolute atomic E-state index is 3.64. The van der Waals surface area contributed by atoms with Crippen molar-refractivity contribution in [1.29, 1.82) is 0 Å². The van der Waals surface area contributed by atoms with Crippen molar-refractivity contribution >= 4 is 53.1 Å². The zero-order valence-corrected chi connectivity index (χ0v) is 27.7. The molecule has 0 amide bonds. The maximum atomic E-state index is 3.64. The van der Waals surface area contributed by atoms with Crippen LogP contribution in [0.4, 0.5) is 0 Å². The van der Waals surface area contributed by atoms with Crippen LogP contribution < -0.4 is 24.8 Å². The van der Waals surface area contributed by atoms with Crippen molar-refractivity contribution in [3.05, 3.63) is 118 Å². The minimum Gasteiger partial charge on any atom is -1.00 e. The van der Waals surface area contributed by atoms with Crippen molar-refractivity contribution in [1.82, 2.24) is 0 Å². The van der Waals surface area contributed by atoms with E-state index in [1.165, 1.54) is 54.9 Å². The van der Waals surface area contributed by atoms with Gasteiger partial charge in [0.1, 0.15) is 0 Å². The minimum absolute atomic E-state index is 0. The molecule has 0 spiro atoms. The van der Waals surface area contributed by atoms with Crippen molar-refractivity contribution < 1.29 is 51.0 Å². The number of hydrogen-bond acceptors (Lipinski definition) is 0. The summed E-state index contributed by atoms with van der Waals surface area (Å²) in [6, 6.07) is 33.4. The van der Waals surface area contributed by atoms with E-state index in [-0.39, 0.29) is 51.0 Å². The number of benzene rings is 4. The van der Waals surface area contributed by atoms with E-state index < -0.39 is 0 Å². The minimum atomic E-state index is 0. The van der Waals surface area contributed by atoms with Gasteiger partial charge in [0.05, 0.1) is 0 Å². The van der Waals surface area contributed by atoms with Crippen molar-refractivity contribution in [3.63, 3.8) is 0 Å². The van der Waals surface area contributed by atoms with Crippen LogP contribution in [0.5, 0.6) is 0 Å². The summed E-state index contributed by atoms with van der Waals surface area (Å²) in [4.78, 5) is 0. The van der Waals surface area contributed by atoms with Gasteiger partial charge >= 0.3 is 26.2 Å². The summed E-state index contributed by atoms with van der Waals surface area (Å²) in [6.45, 7) is 6.59. The van der Waals surface area contributed by atoms with E-state index in [9.17, 15) is 0 Å². The number of fused-ring (bicyclic) bond motifs is 4. The van der Waals surface area contributed by atoms with Gasteiger partial charge in [0.2, 0.25) is 0 Å². The molecule has 37 heavy (non-hydrogen) atoms. The third-order valence-electron chi connectivity index (χ3n) is 6.70. The molecule has 5 heteroatoms. The topological polar surface area (TPSA) is 0 Å². The third-order valence-corrected chi connectivity index (χ3v) is 7.19. The first-order valence-corrected chi connectivity index (χ1v) is 14.7. The largest absolute Gasteiger partial charge is 3.00 e. The van der Waals surface area contributed by atoms with Gasteiger partial charge in [-0.15, -0.1) is 33.7 Å². The zero-order valence-electron chi connectivity index (χ0n) is 21.2. The summed E-state index contributed by atoms with van der Waals surface area (Å²) in [5.41, 5.74) is 8.28. The van der Waals surface area contributed by atoms with Crippen LogP contribution in [-0.2, 0) is 26.2 Å². The molecule has 5 aromatic carbocycles. The molecular formula is C32H28BrCl2SiZr. The van der Waals surface area contributed by atoms with Crippen LogP contribution in [0.15, 0.2) is 101 Å². The molecule has 185 valence electrons. The second kappa shape index (κ2) is 14.2.